The highest BCUT2D eigenvalue weighted by Gasteiger charge is 2.30. The molecule has 2 aromatic rings. The number of ether oxygens (including phenoxy) is 1. The van der Waals surface area contributed by atoms with Gasteiger partial charge in [-0.2, -0.15) is 0 Å². The van der Waals surface area contributed by atoms with Gasteiger partial charge in [0.1, 0.15) is 5.75 Å². The number of aromatic nitrogens is 1. The van der Waals surface area contributed by atoms with Crippen LogP contribution in [-0.2, 0) is 0 Å². The van der Waals surface area contributed by atoms with Crippen LogP contribution < -0.4 is 4.74 Å². The lowest BCUT2D eigenvalue weighted by Gasteiger charge is -2.30. The molecule has 0 aliphatic carbocycles. The van der Waals surface area contributed by atoms with E-state index in [2.05, 4.69) is 41.1 Å². The highest BCUT2D eigenvalue weighted by molar-refractivity contribution is 5.29. The van der Waals surface area contributed by atoms with Crippen LogP contribution in [-0.4, -0.2) is 23.5 Å². The van der Waals surface area contributed by atoms with E-state index in [1.165, 1.54) is 24.1 Å². The van der Waals surface area contributed by atoms with Gasteiger partial charge in [-0.1, -0.05) is 18.2 Å². The quantitative estimate of drug-likeness (QED) is 0.848. The van der Waals surface area contributed by atoms with Crippen molar-refractivity contribution in [2.75, 3.05) is 13.7 Å². The Balaban J connectivity index is 1.80. The highest BCUT2D eigenvalue weighted by atomic mass is 16.5. The van der Waals surface area contributed by atoms with E-state index in [1.807, 2.05) is 24.4 Å². The molecule has 2 heterocycles. The molecular weight excluding hydrogens is 260 g/mol. The molecule has 3 heteroatoms. The Bertz CT molecular complexity index is 568. The molecule has 1 aliphatic rings. The van der Waals surface area contributed by atoms with Crippen molar-refractivity contribution in [1.29, 1.82) is 0 Å². The molecule has 0 N–H and O–H groups in total. The standard InChI is InChI=1S/C18H22N2O/c1-14(15-8-10-16(21-2)11-9-15)20-13-5-7-18(20)17-6-3-4-12-19-17/h3-4,6,8-12,14,18H,5,7,13H2,1-2H3/t14?,18-/m1/s1. The fourth-order valence-corrected chi connectivity index (χ4v) is 3.22. The number of benzene rings is 1. The molecule has 3 nitrogen and oxygen atoms in total. The molecule has 0 amide bonds. The Labute approximate surface area is 126 Å². The number of likely N-dealkylation sites (tertiary alicyclic amines) is 1. The van der Waals surface area contributed by atoms with E-state index >= 15 is 0 Å². The van der Waals surface area contributed by atoms with Crippen LogP contribution >= 0.6 is 0 Å². The number of methoxy groups -OCH3 is 1. The Hall–Kier alpha value is -1.87. The van der Waals surface area contributed by atoms with Crippen LogP contribution in [0.3, 0.4) is 0 Å². The third-order valence-electron chi connectivity index (χ3n) is 4.42. The summed E-state index contributed by atoms with van der Waals surface area (Å²) in [6.07, 6.45) is 4.32. The van der Waals surface area contributed by atoms with Crippen molar-refractivity contribution in [3.63, 3.8) is 0 Å². The smallest absolute Gasteiger partial charge is 0.118 e. The van der Waals surface area contributed by atoms with Gasteiger partial charge in [0.2, 0.25) is 0 Å². The van der Waals surface area contributed by atoms with Gasteiger partial charge >= 0.3 is 0 Å². The predicted molar refractivity (Wildman–Crippen MR) is 84.3 cm³/mol. The maximum absolute atomic E-state index is 5.24. The van der Waals surface area contributed by atoms with Crippen molar-refractivity contribution in [3.8, 4) is 5.75 Å². The summed E-state index contributed by atoms with van der Waals surface area (Å²) < 4.78 is 5.24. The van der Waals surface area contributed by atoms with Crippen molar-refractivity contribution in [2.24, 2.45) is 0 Å². The number of pyridine rings is 1. The van der Waals surface area contributed by atoms with Crippen LogP contribution in [0, 0.1) is 0 Å². The largest absolute Gasteiger partial charge is 0.497 e. The van der Waals surface area contributed by atoms with Gasteiger partial charge in [0, 0.05) is 12.2 Å². The Kier molecular flexibility index (Phi) is 4.20. The first kappa shape index (κ1) is 14.1. The van der Waals surface area contributed by atoms with E-state index < -0.39 is 0 Å². The molecule has 0 radical (unpaired) electrons. The van der Waals surface area contributed by atoms with Crippen molar-refractivity contribution in [1.82, 2.24) is 9.88 Å². The summed E-state index contributed by atoms with van der Waals surface area (Å²) in [6.45, 7) is 3.41. The van der Waals surface area contributed by atoms with E-state index in [9.17, 15) is 0 Å². The zero-order valence-corrected chi connectivity index (χ0v) is 12.7. The summed E-state index contributed by atoms with van der Waals surface area (Å²) >= 11 is 0. The van der Waals surface area contributed by atoms with Gasteiger partial charge in [-0.05, 0) is 56.1 Å². The maximum atomic E-state index is 5.24. The zero-order valence-electron chi connectivity index (χ0n) is 12.7. The summed E-state index contributed by atoms with van der Waals surface area (Å²) in [6, 6.07) is 15.4. The van der Waals surface area contributed by atoms with Crippen molar-refractivity contribution >= 4 is 0 Å². The van der Waals surface area contributed by atoms with Crippen molar-refractivity contribution < 1.29 is 4.74 Å². The third-order valence-corrected chi connectivity index (χ3v) is 4.42. The Morgan fingerprint density at radius 1 is 1.19 bits per heavy atom. The van der Waals surface area contributed by atoms with E-state index in [1.54, 1.807) is 7.11 Å². The van der Waals surface area contributed by atoms with Gasteiger partial charge in [-0.15, -0.1) is 0 Å². The lowest BCUT2D eigenvalue weighted by atomic mass is 10.0. The maximum Gasteiger partial charge on any atom is 0.118 e. The van der Waals surface area contributed by atoms with E-state index in [-0.39, 0.29) is 0 Å². The molecule has 21 heavy (non-hydrogen) atoms. The minimum atomic E-state index is 0.394. The van der Waals surface area contributed by atoms with Crippen LogP contribution in [0.2, 0.25) is 0 Å². The molecule has 0 bridgehead atoms. The van der Waals surface area contributed by atoms with Gasteiger partial charge in [-0.25, -0.2) is 0 Å². The number of nitrogens with zero attached hydrogens (tertiary/aromatic N) is 2. The average molecular weight is 282 g/mol. The topological polar surface area (TPSA) is 25.4 Å². The molecule has 0 spiro atoms. The first-order valence-corrected chi connectivity index (χ1v) is 7.60. The molecule has 2 atom stereocenters. The average Bonchev–Trinajstić information content (AvgIpc) is 3.04. The summed E-state index contributed by atoms with van der Waals surface area (Å²) in [4.78, 5) is 7.11. The molecule has 1 saturated heterocycles. The first-order chi connectivity index (χ1) is 10.3. The molecule has 1 fully saturated rings. The van der Waals surface area contributed by atoms with Gasteiger partial charge in [0.05, 0.1) is 18.8 Å². The van der Waals surface area contributed by atoms with Crippen LogP contribution in [0.1, 0.15) is 43.1 Å². The zero-order chi connectivity index (χ0) is 14.7. The fourth-order valence-electron chi connectivity index (χ4n) is 3.22. The summed E-state index contributed by atoms with van der Waals surface area (Å²) in [5.41, 5.74) is 2.52. The second-order valence-electron chi connectivity index (χ2n) is 5.60. The van der Waals surface area contributed by atoms with Gasteiger partial charge in [0.25, 0.3) is 0 Å². The lowest BCUT2D eigenvalue weighted by molar-refractivity contribution is 0.191. The third kappa shape index (κ3) is 2.93. The molecule has 3 rings (SSSR count). The lowest BCUT2D eigenvalue weighted by Crippen LogP contribution is -2.27. The molecular formula is C18H22N2O. The minimum Gasteiger partial charge on any atom is -0.497 e. The summed E-state index contributed by atoms with van der Waals surface area (Å²) in [5, 5.41) is 0. The van der Waals surface area contributed by atoms with Gasteiger partial charge in [-0.3, -0.25) is 9.88 Å². The van der Waals surface area contributed by atoms with Crippen molar-refractivity contribution in [2.45, 2.75) is 31.8 Å². The van der Waals surface area contributed by atoms with Crippen LogP contribution in [0.4, 0.5) is 0 Å². The van der Waals surface area contributed by atoms with Crippen molar-refractivity contribution in [3.05, 3.63) is 59.9 Å². The van der Waals surface area contributed by atoms with E-state index in [0.29, 0.717) is 12.1 Å². The van der Waals surface area contributed by atoms with Crippen LogP contribution in [0.15, 0.2) is 48.7 Å². The molecule has 1 aliphatic heterocycles. The Morgan fingerprint density at radius 2 is 2.00 bits per heavy atom. The fraction of sp³-hybridized carbons (Fsp3) is 0.389. The summed E-state index contributed by atoms with van der Waals surface area (Å²) in [7, 11) is 1.70. The van der Waals surface area contributed by atoms with E-state index in [4.69, 9.17) is 4.74 Å². The molecule has 1 aromatic heterocycles. The van der Waals surface area contributed by atoms with Gasteiger partial charge < -0.3 is 4.74 Å². The molecule has 1 unspecified atom stereocenters. The minimum absolute atomic E-state index is 0.394. The number of hydrogen-bond acceptors (Lipinski definition) is 3. The monoisotopic (exact) mass is 282 g/mol. The first-order valence-electron chi connectivity index (χ1n) is 7.60. The SMILES string of the molecule is COc1ccc(C(C)N2CCC[C@@H]2c2ccccn2)cc1. The van der Waals surface area contributed by atoms with Crippen LogP contribution in [0.25, 0.3) is 0 Å². The molecule has 1 aromatic carbocycles. The molecule has 0 saturated carbocycles. The van der Waals surface area contributed by atoms with Crippen LogP contribution in [0.5, 0.6) is 5.75 Å². The normalized spacial score (nSPS) is 20.4. The van der Waals surface area contributed by atoms with E-state index in [0.717, 1.165) is 12.3 Å². The number of hydrogen-bond donors (Lipinski definition) is 0. The molecule has 110 valence electrons. The second kappa shape index (κ2) is 6.27. The highest BCUT2D eigenvalue weighted by Crippen LogP contribution is 2.37. The number of rotatable bonds is 4. The second-order valence-corrected chi connectivity index (χ2v) is 5.60. The van der Waals surface area contributed by atoms with Gasteiger partial charge in [0.15, 0.2) is 0 Å². The predicted octanol–water partition coefficient (Wildman–Crippen LogP) is 3.99. The summed E-state index contributed by atoms with van der Waals surface area (Å²) in [5.74, 6) is 0.911. The Morgan fingerprint density at radius 3 is 2.67 bits per heavy atom.